The first-order valence-corrected chi connectivity index (χ1v) is 11.7. The van der Waals surface area contributed by atoms with Gasteiger partial charge in [-0.15, -0.1) is 0 Å². The second-order valence-electron chi connectivity index (χ2n) is 7.54. The monoisotopic (exact) mass is 416 g/mol. The maximum absolute atomic E-state index is 13.4. The Morgan fingerprint density at radius 2 is 1.83 bits per heavy atom. The van der Waals surface area contributed by atoms with Gasteiger partial charge in [-0.05, 0) is 55.2 Å². The van der Waals surface area contributed by atoms with Crippen molar-refractivity contribution in [2.75, 3.05) is 24.6 Å². The van der Waals surface area contributed by atoms with Crippen molar-refractivity contribution < 1.29 is 17.9 Å². The van der Waals surface area contributed by atoms with E-state index in [9.17, 15) is 13.2 Å². The molecule has 7 heteroatoms. The first-order chi connectivity index (χ1) is 13.8. The molecular weight excluding hydrogens is 388 g/mol. The molecule has 2 aromatic rings. The van der Waals surface area contributed by atoms with E-state index in [0.29, 0.717) is 17.8 Å². The molecule has 1 N–H and O–H groups in total. The Morgan fingerprint density at radius 3 is 2.48 bits per heavy atom. The van der Waals surface area contributed by atoms with Gasteiger partial charge in [-0.1, -0.05) is 31.0 Å². The fourth-order valence-electron chi connectivity index (χ4n) is 3.75. The summed E-state index contributed by atoms with van der Waals surface area (Å²) >= 11 is 0. The number of hydrogen-bond donors (Lipinski definition) is 1. The second kappa shape index (κ2) is 8.86. The Morgan fingerprint density at radius 1 is 1.10 bits per heavy atom. The number of hydrogen-bond acceptors (Lipinski definition) is 4. The molecule has 0 radical (unpaired) electrons. The van der Waals surface area contributed by atoms with Crippen molar-refractivity contribution in [1.82, 2.24) is 4.90 Å². The summed E-state index contributed by atoms with van der Waals surface area (Å²) in [5, 5.41) is 0. The molecule has 0 aromatic heterocycles. The van der Waals surface area contributed by atoms with Crippen LogP contribution in [0.4, 0.5) is 5.69 Å². The summed E-state index contributed by atoms with van der Waals surface area (Å²) in [5.74, 6) is 0.708. The van der Waals surface area contributed by atoms with Crippen molar-refractivity contribution in [2.45, 2.75) is 38.6 Å². The minimum absolute atomic E-state index is 0.0106. The molecule has 0 spiro atoms. The summed E-state index contributed by atoms with van der Waals surface area (Å²) < 4.78 is 31.1. The van der Waals surface area contributed by atoms with Crippen LogP contribution in [0.15, 0.2) is 42.5 Å². The van der Waals surface area contributed by atoms with E-state index in [-0.39, 0.29) is 11.9 Å². The number of carbonyl (C=O) groups excluding carboxylic acids is 1. The van der Waals surface area contributed by atoms with Crippen LogP contribution in [0.1, 0.15) is 53.2 Å². The Hall–Kier alpha value is -2.54. The van der Waals surface area contributed by atoms with Gasteiger partial charge in [0.2, 0.25) is 10.0 Å². The van der Waals surface area contributed by atoms with E-state index in [1.54, 1.807) is 25.3 Å². The first-order valence-electron chi connectivity index (χ1n) is 9.82. The number of rotatable bonds is 5. The number of carbonyl (C=O) groups is 1. The second-order valence-corrected chi connectivity index (χ2v) is 9.29. The van der Waals surface area contributed by atoms with Gasteiger partial charge in [0.15, 0.2) is 0 Å². The van der Waals surface area contributed by atoms with Gasteiger partial charge in [0.05, 0.1) is 25.1 Å². The summed E-state index contributed by atoms with van der Waals surface area (Å²) in [5.41, 5.74) is 2.79. The smallest absolute Gasteiger partial charge is 0.254 e. The van der Waals surface area contributed by atoms with E-state index >= 15 is 0 Å². The minimum atomic E-state index is -3.42. The number of likely N-dealkylation sites (tertiary alicyclic amines) is 1. The highest BCUT2D eigenvalue weighted by Gasteiger charge is 2.28. The zero-order valence-corrected chi connectivity index (χ0v) is 18.0. The molecule has 1 saturated heterocycles. The Balaban J connectivity index is 1.92. The number of ether oxygens (including phenoxy) is 1. The molecular formula is C22H28N2O4S. The standard InChI is InChI=1S/C22H28N2O4S/c1-16-8-9-18(15-20(16)23-29(3,26)27)22(25)24-14-6-4-5-7-21(24)17-10-12-19(28-2)13-11-17/h8-13,15,21,23H,4-7,14H2,1-3H3. The van der Waals surface area contributed by atoms with Gasteiger partial charge in [0.25, 0.3) is 5.91 Å². The number of methoxy groups -OCH3 is 1. The van der Waals surface area contributed by atoms with E-state index in [4.69, 9.17) is 4.74 Å². The maximum Gasteiger partial charge on any atom is 0.254 e. The molecule has 1 aliphatic rings. The van der Waals surface area contributed by atoms with Crippen LogP contribution in [-0.4, -0.2) is 39.1 Å². The number of benzene rings is 2. The molecule has 1 unspecified atom stereocenters. The summed E-state index contributed by atoms with van der Waals surface area (Å²) in [6.07, 6.45) is 5.12. The summed E-state index contributed by atoms with van der Waals surface area (Å²) in [4.78, 5) is 15.3. The maximum atomic E-state index is 13.4. The lowest BCUT2D eigenvalue weighted by Crippen LogP contribution is -2.35. The van der Waals surface area contributed by atoms with E-state index in [2.05, 4.69) is 4.72 Å². The molecule has 0 saturated carbocycles. The third-order valence-corrected chi connectivity index (χ3v) is 5.88. The van der Waals surface area contributed by atoms with Crippen molar-refractivity contribution >= 4 is 21.6 Å². The largest absolute Gasteiger partial charge is 0.497 e. The highest BCUT2D eigenvalue weighted by molar-refractivity contribution is 7.92. The van der Waals surface area contributed by atoms with Crippen LogP contribution >= 0.6 is 0 Å². The lowest BCUT2D eigenvalue weighted by molar-refractivity contribution is 0.0681. The third-order valence-electron chi connectivity index (χ3n) is 5.29. The zero-order valence-electron chi connectivity index (χ0n) is 17.1. The van der Waals surface area contributed by atoms with Gasteiger partial charge in [0.1, 0.15) is 5.75 Å². The summed E-state index contributed by atoms with van der Waals surface area (Å²) in [6.45, 7) is 2.49. The van der Waals surface area contributed by atoms with E-state index in [0.717, 1.165) is 48.8 Å². The molecule has 1 amide bonds. The van der Waals surface area contributed by atoms with Gasteiger partial charge >= 0.3 is 0 Å². The lowest BCUT2D eigenvalue weighted by Gasteiger charge is -2.31. The van der Waals surface area contributed by atoms with Gasteiger partial charge in [0, 0.05) is 12.1 Å². The summed E-state index contributed by atoms with van der Waals surface area (Å²) in [7, 11) is -1.79. The highest BCUT2D eigenvalue weighted by atomic mass is 32.2. The molecule has 6 nitrogen and oxygen atoms in total. The molecule has 0 aliphatic carbocycles. The Bertz CT molecular complexity index is 971. The van der Waals surface area contributed by atoms with E-state index in [1.807, 2.05) is 36.1 Å². The zero-order chi connectivity index (χ0) is 21.0. The van der Waals surface area contributed by atoms with Gasteiger partial charge in [-0.2, -0.15) is 0 Å². The molecule has 1 aliphatic heterocycles. The van der Waals surface area contributed by atoms with E-state index in [1.165, 1.54) is 0 Å². The number of anilines is 1. The lowest BCUT2D eigenvalue weighted by atomic mass is 9.99. The average Bonchev–Trinajstić information content (AvgIpc) is 2.94. The van der Waals surface area contributed by atoms with Crippen LogP contribution < -0.4 is 9.46 Å². The van der Waals surface area contributed by atoms with Crippen LogP contribution in [0.25, 0.3) is 0 Å². The van der Waals surface area contributed by atoms with Crippen LogP contribution in [0, 0.1) is 6.92 Å². The molecule has 3 rings (SSSR count). The molecule has 1 fully saturated rings. The van der Waals surface area contributed by atoms with Gasteiger partial charge < -0.3 is 9.64 Å². The van der Waals surface area contributed by atoms with Gasteiger partial charge in [-0.3, -0.25) is 9.52 Å². The fourth-order valence-corrected chi connectivity index (χ4v) is 4.37. The molecule has 156 valence electrons. The van der Waals surface area contributed by atoms with Crippen LogP contribution in [-0.2, 0) is 10.0 Å². The number of nitrogens with zero attached hydrogens (tertiary/aromatic N) is 1. The third kappa shape index (κ3) is 5.29. The topological polar surface area (TPSA) is 75.7 Å². The SMILES string of the molecule is COc1ccc(C2CCCCCN2C(=O)c2ccc(C)c(NS(C)(=O)=O)c2)cc1. The van der Waals surface area contributed by atoms with Crippen LogP contribution in [0.5, 0.6) is 5.75 Å². The van der Waals surface area contributed by atoms with E-state index < -0.39 is 10.0 Å². The first kappa shape index (κ1) is 21.2. The average molecular weight is 417 g/mol. The van der Waals surface area contributed by atoms with Crippen molar-refractivity contribution in [3.8, 4) is 5.75 Å². The number of sulfonamides is 1. The van der Waals surface area contributed by atoms with Crippen molar-refractivity contribution in [2.24, 2.45) is 0 Å². The summed E-state index contributed by atoms with van der Waals surface area (Å²) in [6, 6.07) is 13.0. The number of aryl methyl sites for hydroxylation is 1. The molecule has 1 atom stereocenters. The quantitative estimate of drug-likeness (QED) is 0.795. The van der Waals surface area contributed by atoms with Crippen LogP contribution in [0.2, 0.25) is 0 Å². The molecule has 2 aromatic carbocycles. The predicted molar refractivity (Wildman–Crippen MR) is 115 cm³/mol. The van der Waals surface area contributed by atoms with Gasteiger partial charge in [-0.25, -0.2) is 8.42 Å². The van der Waals surface area contributed by atoms with Crippen molar-refractivity contribution in [3.63, 3.8) is 0 Å². The predicted octanol–water partition coefficient (Wildman–Crippen LogP) is 4.13. The van der Waals surface area contributed by atoms with Crippen LogP contribution in [0.3, 0.4) is 0 Å². The molecule has 29 heavy (non-hydrogen) atoms. The Labute approximate surface area is 172 Å². The van der Waals surface area contributed by atoms with Crippen molar-refractivity contribution in [3.05, 3.63) is 59.2 Å². The fraction of sp³-hybridized carbons (Fsp3) is 0.409. The number of amides is 1. The Kier molecular flexibility index (Phi) is 6.47. The van der Waals surface area contributed by atoms with Crippen molar-refractivity contribution in [1.29, 1.82) is 0 Å². The molecule has 1 heterocycles. The normalized spacial score (nSPS) is 17.5. The number of nitrogens with one attached hydrogen (secondary N) is 1. The highest BCUT2D eigenvalue weighted by Crippen LogP contribution is 2.33. The molecule has 0 bridgehead atoms. The minimum Gasteiger partial charge on any atom is -0.497 e.